The minimum Gasteiger partial charge on any atom is -0.350 e. The number of imidazole rings is 1. The van der Waals surface area contributed by atoms with Crippen LogP contribution >= 0.6 is 0 Å². The molecule has 1 N–H and O–H groups in total. The van der Waals surface area contributed by atoms with Gasteiger partial charge in [-0.1, -0.05) is 12.1 Å². The molecule has 0 aliphatic heterocycles. The molecule has 2 aromatic heterocycles. The minimum absolute atomic E-state index is 0.169. The molecule has 0 saturated carbocycles. The van der Waals surface area contributed by atoms with Gasteiger partial charge in [0.05, 0.1) is 18.7 Å². The molecule has 4 nitrogen and oxygen atoms in total. The van der Waals surface area contributed by atoms with E-state index in [0.717, 1.165) is 5.56 Å². The topological polar surface area (TPSA) is 46.4 Å². The molecule has 0 spiro atoms. The number of nitrogens with one attached hydrogen (secondary N) is 1. The van der Waals surface area contributed by atoms with Gasteiger partial charge in [0, 0.05) is 12.4 Å². The van der Waals surface area contributed by atoms with Crippen molar-refractivity contribution in [2.24, 2.45) is 0 Å². The van der Waals surface area contributed by atoms with E-state index in [-0.39, 0.29) is 30.5 Å². The highest BCUT2D eigenvalue weighted by atomic mass is 19.1. The van der Waals surface area contributed by atoms with E-state index in [9.17, 15) is 13.6 Å². The van der Waals surface area contributed by atoms with Crippen LogP contribution in [-0.2, 0) is 17.8 Å². The van der Waals surface area contributed by atoms with Gasteiger partial charge in [0.25, 0.3) is 0 Å². The number of fused-ring (bicyclic) bond motifs is 1. The molecule has 3 rings (SSSR count). The summed E-state index contributed by atoms with van der Waals surface area (Å²) in [6.45, 7) is 0.253. The lowest BCUT2D eigenvalue weighted by Gasteiger charge is -2.03. The van der Waals surface area contributed by atoms with Crippen molar-refractivity contribution in [2.75, 3.05) is 0 Å². The second-order valence-corrected chi connectivity index (χ2v) is 4.92. The molecule has 0 saturated heterocycles. The van der Waals surface area contributed by atoms with E-state index < -0.39 is 0 Å². The first-order valence-electron chi connectivity index (χ1n) is 6.74. The highest BCUT2D eigenvalue weighted by Crippen LogP contribution is 2.07. The number of benzene rings is 1. The smallest absolute Gasteiger partial charge is 0.224 e. The molecule has 0 unspecified atom stereocenters. The summed E-state index contributed by atoms with van der Waals surface area (Å²) >= 11 is 0. The number of nitrogens with zero attached hydrogens (tertiary/aromatic N) is 2. The Morgan fingerprint density at radius 3 is 2.55 bits per heavy atom. The maximum absolute atomic E-state index is 13.1. The number of carbonyl (C=O) groups excluding carboxylic acids is 1. The highest BCUT2D eigenvalue weighted by molar-refractivity contribution is 5.78. The van der Waals surface area contributed by atoms with Crippen molar-refractivity contribution in [1.29, 1.82) is 0 Å². The average molecular weight is 301 g/mol. The summed E-state index contributed by atoms with van der Waals surface area (Å²) in [6, 6.07) is 8.68. The van der Waals surface area contributed by atoms with Gasteiger partial charge in [-0.3, -0.25) is 4.79 Å². The summed E-state index contributed by atoms with van der Waals surface area (Å²) in [6.07, 6.45) is 3.16. The molecule has 0 bridgehead atoms. The van der Waals surface area contributed by atoms with E-state index in [1.165, 1.54) is 24.4 Å². The Bertz CT molecular complexity index is 812. The monoisotopic (exact) mass is 301 g/mol. The predicted molar refractivity (Wildman–Crippen MR) is 77.1 cm³/mol. The maximum Gasteiger partial charge on any atom is 0.224 e. The van der Waals surface area contributed by atoms with Crippen LogP contribution < -0.4 is 5.32 Å². The molecule has 0 aliphatic rings. The van der Waals surface area contributed by atoms with Crippen molar-refractivity contribution in [3.8, 4) is 0 Å². The number of hydrogen-bond donors (Lipinski definition) is 1. The summed E-state index contributed by atoms with van der Waals surface area (Å²) < 4.78 is 27.4. The molecule has 2 heterocycles. The van der Waals surface area contributed by atoms with Gasteiger partial charge >= 0.3 is 0 Å². The van der Waals surface area contributed by atoms with E-state index in [1.807, 2.05) is 0 Å². The first-order valence-corrected chi connectivity index (χ1v) is 6.74. The fourth-order valence-electron chi connectivity index (χ4n) is 2.14. The van der Waals surface area contributed by atoms with Gasteiger partial charge in [0.1, 0.15) is 17.3 Å². The second kappa shape index (κ2) is 5.93. The molecular weight excluding hydrogens is 288 g/mol. The number of pyridine rings is 1. The first kappa shape index (κ1) is 14.2. The number of rotatable bonds is 4. The zero-order valence-corrected chi connectivity index (χ0v) is 11.6. The van der Waals surface area contributed by atoms with Crippen molar-refractivity contribution < 1.29 is 13.6 Å². The van der Waals surface area contributed by atoms with Crippen molar-refractivity contribution >= 4 is 11.6 Å². The molecule has 0 aliphatic carbocycles. The maximum atomic E-state index is 13.1. The van der Waals surface area contributed by atoms with E-state index in [4.69, 9.17) is 0 Å². The Morgan fingerprint density at radius 2 is 1.77 bits per heavy atom. The fraction of sp³-hybridized carbons (Fsp3) is 0.125. The van der Waals surface area contributed by atoms with Gasteiger partial charge in [0.15, 0.2) is 0 Å². The van der Waals surface area contributed by atoms with Gasteiger partial charge in [0.2, 0.25) is 5.91 Å². The first-order chi connectivity index (χ1) is 10.6. The lowest BCUT2D eigenvalue weighted by Crippen LogP contribution is -2.24. The average Bonchev–Trinajstić information content (AvgIpc) is 2.89. The van der Waals surface area contributed by atoms with Crippen LogP contribution in [0.25, 0.3) is 5.65 Å². The second-order valence-electron chi connectivity index (χ2n) is 4.92. The number of amides is 1. The predicted octanol–water partition coefficient (Wildman–Crippen LogP) is 2.47. The van der Waals surface area contributed by atoms with Gasteiger partial charge in [-0.2, -0.15) is 0 Å². The summed E-state index contributed by atoms with van der Waals surface area (Å²) in [7, 11) is 0. The zero-order chi connectivity index (χ0) is 15.5. The molecule has 1 amide bonds. The third-order valence-electron chi connectivity index (χ3n) is 3.21. The van der Waals surface area contributed by atoms with Gasteiger partial charge in [-0.05, 0) is 29.8 Å². The van der Waals surface area contributed by atoms with Crippen molar-refractivity contribution in [3.05, 3.63) is 71.7 Å². The Labute approximate surface area is 125 Å². The highest BCUT2D eigenvalue weighted by Gasteiger charge is 2.06. The fourth-order valence-corrected chi connectivity index (χ4v) is 2.14. The van der Waals surface area contributed by atoms with Crippen LogP contribution in [0.1, 0.15) is 11.3 Å². The van der Waals surface area contributed by atoms with Crippen LogP contribution in [0, 0.1) is 11.6 Å². The SMILES string of the molecule is O=C(Cc1ccc(F)cc1)NCc1cn2cc(F)ccc2n1. The summed E-state index contributed by atoms with van der Waals surface area (Å²) in [5.74, 6) is -0.868. The van der Waals surface area contributed by atoms with E-state index in [2.05, 4.69) is 10.3 Å². The molecule has 3 aromatic rings. The Morgan fingerprint density at radius 1 is 1.05 bits per heavy atom. The lowest BCUT2D eigenvalue weighted by atomic mass is 10.1. The summed E-state index contributed by atoms with van der Waals surface area (Å²) in [5.41, 5.74) is 1.98. The molecule has 6 heteroatoms. The standard InChI is InChI=1S/C16H13F2N3O/c17-12-3-1-11(2-4-12)7-16(22)19-8-14-10-21-9-13(18)5-6-15(21)20-14/h1-6,9-10H,7-8H2,(H,19,22). The van der Waals surface area contributed by atoms with Crippen LogP contribution in [0.2, 0.25) is 0 Å². The third kappa shape index (κ3) is 3.28. The van der Waals surface area contributed by atoms with Crippen molar-refractivity contribution in [1.82, 2.24) is 14.7 Å². The Balaban J connectivity index is 1.61. The molecule has 0 fully saturated rings. The Hall–Kier alpha value is -2.76. The molecule has 112 valence electrons. The van der Waals surface area contributed by atoms with Gasteiger partial charge in [-0.25, -0.2) is 13.8 Å². The molecular formula is C16H13F2N3O. The van der Waals surface area contributed by atoms with Gasteiger partial charge < -0.3 is 9.72 Å². The third-order valence-corrected chi connectivity index (χ3v) is 3.21. The minimum atomic E-state index is -0.350. The number of halogens is 2. The van der Waals surface area contributed by atoms with Crippen LogP contribution in [0.4, 0.5) is 8.78 Å². The molecule has 0 atom stereocenters. The Kier molecular flexibility index (Phi) is 3.82. The summed E-state index contributed by atoms with van der Waals surface area (Å²) in [5, 5.41) is 2.74. The molecule has 1 aromatic carbocycles. The lowest BCUT2D eigenvalue weighted by molar-refractivity contribution is -0.120. The number of hydrogen-bond acceptors (Lipinski definition) is 2. The van der Waals surface area contributed by atoms with E-state index in [1.54, 1.807) is 28.8 Å². The van der Waals surface area contributed by atoms with Crippen LogP contribution in [0.5, 0.6) is 0 Å². The molecule has 0 radical (unpaired) electrons. The van der Waals surface area contributed by atoms with Crippen molar-refractivity contribution in [3.63, 3.8) is 0 Å². The number of carbonyl (C=O) groups is 1. The van der Waals surface area contributed by atoms with Crippen molar-refractivity contribution in [2.45, 2.75) is 13.0 Å². The quantitative estimate of drug-likeness (QED) is 0.804. The van der Waals surface area contributed by atoms with Gasteiger partial charge in [-0.15, -0.1) is 0 Å². The van der Waals surface area contributed by atoms with E-state index in [0.29, 0.717) is 11.3 Å². The van der Waals surface area contributed by atoms with Crippen LogP contribution in [0.3, 0.4) is 0 Å². The normalized spacial score (nSPS) is 10.8. The van der Waals surface area contributed by atoms with Crippen LogP contribution in [-0.4, -0.2) is 15.3 Å². The molecule has 22 heavy (non-hydrogen) atoms. The largest absolute Gasteiger partial charge is 0.350 e. The summed E-state index contributed by atoms with van der Waals surface area (Å²) in [4.78, 5) is 16.1. The number of aromatic nitrogens is 2. The van der Waals surface area contributed by atoms with Crippen LogP contribution in [0.15, 0.2) is 48.8 Å². The van der Waals surface area contributed by atoms with E-state index >= 15 is 0 Å². The zero-order valence-electron chi connectivity index (χ0n) is 11.6.